The highest BCUT2D eigenvalue weighted by atomic mass is 35.5. The Morgan fingerprint density at radius 2 is 1.95 bits per heavy atom. The van der Waals surface area contributed by atoms with Gasteiger partial charge in [0.05, 0.1) is 10.9 Å². The Hall–Kier alpha value is -2.07. The molecular weight excluding hydrogens is 277 g/mol. The molecule has 3 aromatic rings. The van der Waals surface area contributed by atoms with Crippen LogP contribution in [0.5, 0.6) is 0 Å². The van der Waals surface area contributed by atoms with E-state index in [-0.39, 0.29) is 0 Å². The minimum atomic E-state index is -0.447. The molecule has 5 heteroatoms. The lowest BCUT2D eigenvalue weighted by molar-refractivity contribution is 0.562. The van der Waals surface area contributed by atoms with E-state index in [4.69, 9.17) is 11.6 Å². The van der Waals surface area contributed by atoms with Gasteiger partial charge in [-0.05, 0) is 35.9 Å². The Morgan fingerprint density at radius 3 is 2.70 bits per heavy atom. The fraction of sp³-hybridized carbons (Fsp3) is 0.133. The highest BCUT2D eigenvalue weighted by Crippen LogP contribution is 2.21. The summed E-state index contributed by atoms with van der Waals surface area (Å²) in [7, 11) is 1.73. The fourth-order valence-electron chi connectivity index (χ4n) is 2.14. The molecule has 1 heterocycles. The number of aryl methyl sites for hydroxylation is 1. The van der Waals surface area contributed by atoms with Crippen molar-refractivity contribution in [2.45, 2.75) is 6.54 Å². The van der Waals surface area contributed by atoms with Gasteiger partial charge >= 0.3 is 0 Å². The molecule has 20 heavy (non-hydrogen) atoms. The molecule has 1 aromatic heterocycles. The fourth-order valence-corrected chi connectivity index (χ4v) is 2.27. The second kappa shape index (κ2) is 5.13. The van der Waals surface area contributed by atoms with Crippen LogP contribution in [0.25, 0.3) is 10.9 Å². The van der Waals surface area contributed by atoms with Crippen LogP contribution in [0.15, 0.2) is 42.5 Å². The SMILES string of the molecule is Cn1nc(F)c2cc(NCc3ccc(Cl)cc3)ccc21. The monoisotopic (exact) mass is 289 g/mol. The van der Waals surface area contributed by atoms with Gasteiger partial charge in [0.25, 0.3) is 0 Å². The van der Waals surface area contributed by atoms with Gasteiger partial charge in [-0.25, -0.2) is 0 Å². The summed E-state index contributed by atoms with van der Waals surface area (Å²) in [6.45, 7) is 0.657. The predicted molar refractivity (Wildman–Crippen MR) is 79.5 cm³/mol. The first-order valence-electron chi connectivity index (χ1n) is 6.24. The zero-order valence-corrected chi connectivity index (χ0v) is 11.7. The molecule has 0 spiro atoms. The molecule has 0 atom stereocenters. The Balaban J connectivity index is 1.80. The number of fused-ring (bicyclic) bond motifs is 1. The summed E-state index contributed by atoms with van der Waals surface area (Å²) < 4.78 is 15.2. The first-order chi connectivity index (χ1) is 9.63. The van der Waals surface area contributed by atoms with Gasteiger partial charge in [0.1, 0.15) is 0 Å². The van der Waals surface area contributed by atoms with E-state index >= 15 is 0 Å². The molecule has 0 saturated heterocycles. The second-order valence-electron chi connectivity index (χ2n) is 4.63. The highest BCUT2D eigenvalue weighted by molar-refractivity contribution is 6.30. The molecule has 0 aliphatic rings. The topological polar surface area (TPSA) is 29.9 Å². The third kappa shape index (κ3) is 2.47. The van der Waals surface area contributed by atoms with Crippen LogP contribution in [0.3, 0.4) is 0 Å². The average Bonchev–Trinajstić information content (AvgIpc) is 2.73. The molecule has 0 aliphatic heterocycles. The van der Waals surface area contributed by atoms with Gasteiger partial charge in [-0.2, -0.15) is 4.39 Å². The van der Waals surface area contributed by atoms with E-state index in [9.17, 15) is 4.39 Å². The molecule has 0 aliphatic carbocycles. The van der Waals surface area contributed by atoms with E-state index in [1.807, 2.05) is 36.4 Å². The molecule has 1 N–H and O–H groups in total. The largest absolute Gasteiger partial charge is 0.381 e. The van der Waals surface area contributed by atoms with Gasteiger partial charge in [-0.1, -0.05) is 23.7 Å². The normalized spacial score (nSPS) is 10.9. The third-order valence-electron chi connectivity index (χ3n) is 3.22. The Labute approximate surface area is 121 Å². The molecule has 0 bridgehead atoms. The van der Waals surface area contributed by atoms with Gasteiger partial charge in [0.15, 0.2) is 0 Å². The maximum absolute atomic E-state index is 13.6. The molecule has 0 fully saturated rings. The minimum Gasteiger partial charge on any atom is -0.381 e. The molecule has 0 saturated carbocycles. The highest BCUT2D eigenvalue weighted by Gasteiger charge is 2.08. The van der Waals surface area contributed by atoms with Crippen LogP contribution in [0.4, 0.5) is 10.1 Å². The van der Waals surface area contributed by atoms with Gasteiger partial charge in [-0.15, -0.1) is 5.10 Å². The lowest BCUT2D eigenvalue weighted by Gasteiger charge is -2.07. The smallest absolute Gasteiger partial charge is 0.240 e. The molecule has 2 aromatic carbocycles. The van der Waals surface area contributed by atoms with Crippen LogP contribution in [0.2, 0.25) is 5.02 Å². The Kier molecular flexibility index (Phi) is 3.32. The van der Waals surface area contributed by atoms with Crippen LogP contribution in [-0.2, 0) is 13.6 Å². The number of aromatic nitrogens is 2. The zero-order chi connectivity index (χ0) is 14.1. The van der Waals surface area contributed by atoms with Crippen LogP contribution in [0, 0.1) is 5.95 Å². The number of benzene rings is 2. The van der Waals surface area contributed by atoms with Gasteiger partial charge in [0.2, 0.25) is 5.95 Å². The summed E-state index contributed by atoms with van der Waals surface area (Å²) in [5.41, 5.74) is 2.75. The lowest BCUT2D eigenvalue weighted by atomic mass is 10.2. The predicted octanol–water partition coefficient (Wildman–Crippen LogP) is 3.98. The van der Waals surface area contributed by atoms with Crippen molar-refractivity contribution >= 4 is 28.2 Å². The standard InChI is InChI=1S/C15H13ClFN3/c1-20-14-7-6-12(8-13(14)15(17)19-20)18-9-10-2-4-11(16)5-3-10/h2-8,18H,9H2,1H3. The average molecular weight is 290 g/mol. The minimum absolute atomic E-state index is 0.447. The number of nitrogens with one attached hydrogen (secondary N) is 1. The van der Waals surface area contributed by atoms with Gasteiger partial charge < -0.3 is 5.32 Å². The number of halogens is 2. The van der Waals surface area contributed by atoms with E-state index in [0.717, 1.165) is 16.8 Å². The van der Waals surface area contributed by atoms with Crippen LogP contribution < -0.4 is 5.32 Å². The summed E-state index contributed by atoms with van der Waals surface area (Å²) in [6.07, 6.45) is 0. The molecule has 0 unspecified atom stereocenters. The van der Waals surface area contributed by atoms with E-state index in [1.54, 1.807) is 13.1 Å². The molecule has 0 amide bonds. The quantitative estimate of drug-likeness (QED) is 0.790. The second-order valence-corrected chi connectivity index (χ2v) is 5.06. The molecule has 3 rings (SSSR count). The zero-order valence-electron chi connectivity index (χ0n) is 10.9. The maximum Gasteiger partial charge on any atom is 0.240 e. The summed E-state index contributed by atoms with van der Waals surface area (Å²) in [5, 5.41) is 8.27. The maximum atomic E-state index is 13.6. The summed E-state index contributed by atoms with van der Waals surface area (Å²) >= 11 is 5.84. The van der Waals surface area contributed by atoms with Crippen LogP contribution in [-0.4, -0.2) is 9.78 Å². The summed E-state index contributed by atoms with van der Waals surface area (Å²) in [6, 6.07) is 13.2. The summed E-state index contributed by atoms with van der Waals surface area (Å²) in [4.78, 5) is 0. The molecule has 0 radical (unpaired) electrons. The van der Waals surface area contributed by atoms with Crippen molar-refractivity contribution < 1.29 is 4.39 Å². The third-order valence-corrected chi connectivity index (χ3v) is 3.47. The molecular formula is C15H13ClFN3. The van der Waals surface area contributed by atoms with Crippen molar-refractivity contribution in [1.82, 2.24) is 9.78 Å². The van der Waals surface area contributed by atoms with Crippen LogP contribution >= 0.6 is 11.6 Å². The van der Waals surface area contributed by atoms with E-state index in [1.165, 1.54) is 4.68 Å². The van der Waals surface area contributed by atoms with Crippen molar-refractivity contribution in [2.24, 2.45) is 7.05 Å². The lowest BCUT2D eigenvalue weighted by Crippen LogP contribution is -1.99. The van der Waals surface area contributed by atoms with E-state index < -0.39 is 5.95 Å². The number of hydrogen-bond donors (Lipinski definition) is 1. The van der Waals surface area contributed by atoms with Crippen molar-refractivity contribution in [3.8, 4) is 0 Å². The van der Waals surface area contributed by atoms with Crippen molar-refractivity contribution in [3.05, 3.63) is 59.0 Å². The first kappa shape index (κ1) is 12.9. The number of nitrogens with zero attached hydrogens (tertiary/aromatic N) is 2. The van der Waals surface area contributed by atoms with Crippen molar-refractivity contribution in [1.29, 1.82) is 0 Å². The number of anilines is 1. The first-order valence-corrected chi connectivity index (χ1v) is 6.62. The number of rotatable bonds is 3. The van der Waals surface area contributed by atoms with Gasteiger partial charge in [0, 0.05) is 24.3 Å². The summed E-state index contributed by atoms with van der Waals surface area (Å²) in [5.74, 6) is -0.447. The van der Waals surface area contributed by atoms with Crippen molar-refractivity contribution in [3.63, 3.8) is 0 Å². The van der Waals surface area contributed by atoms with Gasteiger partial charge in [-0.3, -0.25) is 4.68 Å². The van der Waals surface area contributed by atoms with Crippen molar-refractivity contribution in [2.75, 3.05) is 5.32 Å². The van der Waals surface area contributed by atoms with E-state index in [2.05, 4.69) is 10.4 Å². The molecule has 102 valence electrons. The molecule has 3 nitrogen and oxygen atoms in total. The van der Waals surface area contributed by atoms with E-state index in [0.29, 0.717) is 17.0 Å². The Bertz CT molecular complexity index is 750. The van der Waals surface area contributed by atoms with Crippen LogP contribution in [0.1, 0.15) is 5.56 Å². The Morgan fingerprint density at radius 1 is 1.20 bits per heavy atom. The number of hydrogen-bond acceptors (Lipinski definition) is 2.